The maximum Gasteiger partial charge on any atom is 0.408 e. The van der Waals surface area contributed by atoms with Crippen LogP contribution < -0.4 is 5.32 Å². The van der Waals surface area contributed by atoms with Gasteiger partial charge in [-0.3, -0.25) is 0 Å². The molecular formula is C13H23NO7. The van der Waals surface area contributed by atoms with Crippen molar-refractivity contribution >= 4 is 12.1 Å². The Bertz CT molecular complexity index is 320. The third kappa shape index (κ3) is 9.83. The molecule has 0 saturated carbocycles. The fourth-order valence-electron chi connectivity index (χ4n) is 1.21. The number of hydrogen-bond acceptors (Lipinski definition) is 7. The van der Waals surface area contributed by atoms with Gasteiger partial charge in [-0.2, -0.15) is 0 Å². The largest absolute Gasteiger partial charge is 0.462 e. The molecule has 0 saturated heterocycles. The Morgan fingerprint density at radius 1 is 1.24 bits per heavy atom. The molecule has 1 amide bonds. The highest BCUT2D eigenvalue weighted by atomic mass is 16.6. The van der Waals surface area contributed by atoms with Crippen molar-refractivity contribution in [2.45, 2.75) is 19.1 Å². The monoisotopic (exact) mass is 305 g/mol. The van der Waals surface area contributed by atoms with Crippen molar-refractivity contribution < 1.29 is 33.6 Å². The SMILES string of the molecule is C=CCOC(=O)N[C@H](C(=O)OCCOCCOC)[C@H](C)O. The fourth-order valence-corrected chi connectivity index (χ4v) is 1.21. The van der Waals surface area contributed by atoms with Gasteiger partial charge in [-0.25, -0.2) is 9.59 Å². The second kappa shape index (κ2) is 12.1. The van der Waals surface area contributed by atoms with Crippen LogP contribution in [0, 0.1) is 0 Å². The van der Waals surface area contributed by atoms with Crippen LogP contribution in [0.5, 0.6) is 0 Å². The molecule has 0 fully saturated rings. The molecule has 0 heterocycles. The van der Waals surface area contributed by atoms with Gasteiger partial charge in [0.15, 0.2) is 6.04 Å². The van der Waals surface area contributed by atoms with E-state index in [1.54, 1.807) is 7.11 Å². The molecule has 2 N–H and O–H groups in total. The normalized spacial score (nSPS) is 13.1. The van der Waals surface area contributed by atoms with Crippen LogP contribution >= 0.6 is 0 Å². The minimum absolute atomic E-state index is 0.000744. The van der Waals surface area contributed by atoms with Gasteiger partial charge in [-0.05, 0) is 6.92 Å². The lowest BCUT2D eigenvalue weighted by Crippen LogP contribution is -2.48. The number of aliphatic hydroxyl groups excluding tert-OH is 1. The third-order valence-corrected chi connectivity index (χ3v) is 2.25. The first-order chi connectivity index (χ1) is 10.0. The number of alkyl carbamates (subject to hydrolysis) is 1. The summed E-state index contributed by atoms with van der Waals surface area (Å²) in [5.74, 6) is -0.768. The second-order valence-corrected chi connectivity index (χ2v) is 4.02. The van der Waals surface area contributed by atoms with Gasteiger partial charge in [0.25, 0.3) is 0 Å². The van der Waals surface area contributed by atoms with Crippen molar-refractivity contribution in [1.82, 2.24) is 5.32 Å². The van der Waals surface area contributed by atoms with E-state index in [4.69, 9.17) is 14.2 Å². The highest BCUT2D eigenvalue weighted by Crippen LogP contribution is 1.98. The molecule has 0 bridgehead atoms. The molecule has 21 heavy (non-hydrogen) atoms. The fraction of sp³-hybridized carbons (Fsp3) is 0.692. The van der Waals surface area contributed by atoms with E-state index in [9.17, 15) is 14.7 Å². The molecule has 0 rings (SSSR count). The summed E-state index contributed by atoms with van der Waals surface area (Å²) in [6.45, 7) is 5.78. The molecular weight excluding hydrogens is 282 g/mol. The number of ether oxygens (including phenoxy) is 4. The number of rotatable bonds is 11. The Labute approximate surface area is 124 Å². The van der Waals surface area contributed by atoms with Crippen molar-refractivity contribution in [2.24, 2.45) is 0 Å². The molecule has 0 aromatic rings. The molecule has 0 aliphatic rings. The van der Waals surface area contributed by atoms with Crippen molar-refractivity contribution in [2.75, 3.05) is 40.1 Å². The second-order valence-electron chi connectivity index (χ2n) is 4.02. The van der Waals surface area contributed by atoms with Crippen LogP contribution in [0.4, 0.5) is 4.79 Å². The Kier molecular flexibility index (Phi) is 11.2. The Hall–Kier alpha value is -1.64. The number of nitrogens with one attached hydrogen (secondary N) is 1. The maximum atomic E-state index is 11.7. The summed E-state index contributed by atoms with van der Waals surface area (Å²) in [6, 6.07) is -1.21. The molecule has 2 atom stereocenters. The molecule has 0 unspecified atom stereocenters. The van der Waals surface area contributed by atoms with Crippen LogP contribution in [0.2, 0.25) is 0 Å². The van der Waals surface area contributed by atoms with Crippen LogP contribution in [0.3, 0.4) is 0 Å². The molecule has 0 aromatic heterocycles. The van der Waals surface area contributed by atoms with Crippen molar-refractivity contribution in [3.63, 3.8) is 0 Å². The predicted molar refractivity (Wildman–Crippen MR) is 73.8 cm³/mol. The molecule has 0 spiro atoms. The van der Waals surface area contributed by atoms with Crippen molar-refractivity contribution in [1.29, 1.82) is 0 Å². The van der Waals surface area contributed by atoms with E-state index in [0.717, 1.165) is 0 Å². The molecule has 0 radical (unpaired) electrons. The summed E-state index contributed by atoms with van der Waals surface area (Å²) in [6.07, 6.45) is -0.579. The zero-order chi connectivity index (χ0) is 16.1. The van der Waals surface area contributed by atoms with E-state index < -0.39 is 24.2 Å². The minimum atomic E-state index is -1.21. The first-order valence-electron chi connectivity index (χ1n) is 6.48. The molecule has 8 nitrogen and oxygen atoms in total. The summed E-state index contributed by atoms with van der Waals surface area (Å²) in [5.41, 5.74) is 0. The zero-order valence-electron chi connectivity index (χ0n) is 12.4. The van der Waals surface area contributed by atoms with E-state index in [1.807, 2.05) is 0 Å². The Morgan fingerprint density at radius 3 is 2.48 bits per heavy atom. The average molecular weight is 305 g/mol. The van der Waals surface area contributed by atoms with Gasteiger partial charge in [0.2, 0.25) is 0 Å². The standard InChI is InChI=1S/C13H23NO7/c1-4-5-21-13(17)14-11(10(2)15)12(16)20-9-8-19-7-6-18-3/h4,10-11,15H,1,5-9H2,2-3H3,(H,14,17)/t10-,11-/m0/s1. The van der Waals surface area contributed by atoms with Crippen LogP contribution in [-0.4, -0.2) is 69.5 Å². The van der Waals surface area contributed by atoms with Gasteiger partial charge >= 0.3 is 12.1 Å². The number of hydrogen-bond donors (Lipinski definition) is 2. The van der Waals surface area contributed by atoms with Crippen molar-refractivity contribution in [3.05, 3.63) is 12.7 Å². The Morgan fingerprint density at radius 2 is 1.90 bits per heavy atom. The van der Waals surface area contributed by atoms with Gasteiger partial charge in [-0.15, -0.1) is 0 Å². The summed E-state index contributed by atoms with van der Waals surface area (Å²) < 4.78 is 19.5. The summed E-state index contributed by atoms with van der Waals surface area (Å²) in [5, 5.41) is 11.7. The van der Waals surface area contributed by atoms with E-state index in [0.29, 0.717) is 13.2 Å². The van der Waals surface area contributed by atoms with Crippen molar-refractivity contribution in [3.8, 4) is 0 Å². The van der Waals surface area contributed by atoms with E-state index in [1.165, 1.54) is 13.0 Å². The topological polar surface area (TPSA) is 103 Å². The van der Waals surface area contributed by atoms with Crippen LogP contribution in [0.15, 0.2) is 12.7 Å². The number of carbonyl (C=O) groups is 2. The first-order valence-corrected chi connectivity index (χ1v) is 6.48. The maximum absolute atomic E-state index is 11.7. The van der Waals surface area contributed by atoms with Gasteiger partial charge in [0.1, 0.15) is 13.2 Å². The number of amides is 1. The van der Waals surface area contributed by atoms with Gasteiger partial charge < -0.3 is 29.4 Å². The summed E-state index contributed by atoms with van der Waals surface area (Å²) >= 11 is 0. The highest BCUT2D eigenvalue weighted by Gasteiger charge is 2.27. The number of carbonyl (C=O) groups excluding carboxylic acids is 2. The molecule has 122 valence electrons. The lowest BCUT2D eigenvalue weighted by Gasteiger charge is -2.19. The lowest BCUT2D eigenvalue weighted by atomic mass is 10.2. The van der Waals surface area contributed by atoms with Gasteiger partial charge in [0.05, 0.1) is 25.9 Å². The smallest absolute Gasteiger partial charge is 0.408 e. The summed E-state index contributed by atoms with van der Waals surface area (Å²) in [4.78, 5) is 23.1. The zero-order valence-corrected chi connectivity index (χ0v) is 12.4. The van der Waals surface area contributed by atoms with Crippen LogP contribution in [-0.2, 0) is 23.7 Å². The quantitative estimate of drug-likeness (QED) is 0.311. The predicted octanol–water partition coefficient (Wildman–Crippen LogP) is -0.146. The molecule has 0 aliphatic heterocycles. The lowest BCUT2D eigenvalue weighted by molar-refractivity contribution is -0.150. The number of esters is 1. The average Bonchev–Trinajstić information content (AvgIpc) is 2.45. The van der Waals surface area contributed by atoms with Crippen LogP contribution in [0.25, 0.3) is 0 Å². The van der Waals surface area contributed by atoms with Gasteiger partial charge in [0, 0.05) is 7.11 Å². The number of aliphatic hydroxyl groups is 1. The Balaban J connectivity index is 4.06. The summed E-state index contributed by atoms with van der Waals surface area (Å²) in [7, 11) is 1.55. The van der Waals surface area contributed by atoms with Gasteiger partial charge in [-0.1, -0.05) is 12.7 Å². The molecule has 0 aliphatic carbocycles. The third-order valence-electron chi connectivity index (χ3n) is 2.25. The van der Waals surface area contributed by atoms with E-state index >= 15 is 0 Å². The number of methoxy groups -OCH3 is 1. The van der Waals surface area contributed by atoms with E-state index in [2.05, 4.69) is 16.6 Å². The van der Waals surface area contributed by atoms with Crippen LogP contribution in [0.1, 0.15) is 6.92 Å². The van der Waals surface area contributed by atoms with E-state index in [-0.39, 0.29) is 19.8 Å². The highest BCUT2D eigenvalue weighted by molar-refractivity contribution is 5.81. The minimum Gasteiger partial charge on any atom is -0.462 e. The molecule has 8 heteroatoms. The molecule has 0 aromatic carbocycles. The first kappa shape index (κ1) is 19.4.